The zero-order valence-electron chi connectivity index (χ0n) is 19.0. The first-order valence-electron chi connectivity index (χ1n) is 11.7. The van der Waals surface area contributed by atoms with Crippen molar-refractivity contribution < 1.29 is 41.0 Å². The number of benzene rings is 2. The molecule has 0 radical (unpaired) electrons. The lowest BCUT2D eigenvalue weighted by Gasteiger charge is -2.31. The number of alkyl halides is 6. The van der Waals surface area contributed by atoms with E-state index in [1.165, 1.54) is 18.2 Å². The second-order valence-electron chi connectivity index (χ2n) is 9.54. The summed E-state index contributed by atoms with van der Waals surface area (Å²) in [5, 5.41) is 9.60. The molecule has 1 saturated carbocycles. The lowest BCUT2D eigenvalue weighted by molar-refractivity contribution is -0.185. The van der Waals surface area contributed by atoms with Crippen LogP contribution in [0.25, 0.3) is 10.8 Å². The lowest BCUT2D eigenvalue weighted by atomic mass is 9.87. The second kappa shape index (κ2) is 9.87. The highest BCUT2D eigenvalue weighted by atomic mass is 19.4. The minimum Gasteiger partial charge on any atom is -0.490 e. The topological polar surface area (TPSA) is 49.8 Å². The van der Waals surface area contributed by atoms with Gasteiger partial charge in [-0.25, -0.2) is 0 Å². The maximum absolute atomic E-state index is 14.1. The minimum atomic E-state index is -4.71. The monoisotopic (exact) mass is 503 g/mol. The molecular formula is C25H27F6NO3. The van der Waals surface area contributed by atoms with Gasteiger partial charge in [0.2, 0.25) is 0 Å². The van der Waals surface area contributed by atoms with Crippen LogP contribution in [0.2, 0.25) is 0 Å². The number of fused-ring (bicyclic) bond motifs is 1. The van der Waals surface area contributed by atoms with Crippen LogP contribution in [0, 0.1) is 11.8 Å². The Morgan fingerprint density at radius 1 is 1.00 bits per heavy atom. The van der Waals surface area contributed by atoms with Crippen molar-refractivity contribution in [3.05, 3.63) is 41.5 Å². The van der Waals surface area contributed by atoms with Gasteiger partial charge < -0.3 is 9.84 Å². The molecule has 1 aliphatic carbocycles. The number of ether oxygens (including phenoxy) is 1. The highest BCUT2D eigenvalue weighted by molar-refractivity contribution is 5.89. The third kappa shape index (κ3) is 6.02. The van der Waals surface area contributed by atoms with Crippen LogP contribution in [0.5, 0.6) is 5.75 Å². The standard InChI is InChI=1S/C25H27F6NO3/c26-24(27,28)18-5-7-19(8-6-18)35-21-10-4-16-12-15(3-9-20(16)22(21)25(29,30)31)13-32-11-1-2-17(14-32)23(33)34/h3-4,9-10,12,17-19H,1-2,5-8,11,13-14H2,(H,33,34). The summed E-state index contributed by atoms with van der Waals surface area (Å²) in [6.07, 6.45) is -8.58. The molecular weight excluding hydrogens is 476 g/mol. The Balaban J connectivity index is 1.54. The van der Waals surface area contributed by atoms with Crippen LogP contribution in [-0.4, -0.2) is 41.3 Å². The van der Waals surface area contributed by atoms with Crippen molar-refractivity contribution in [3.8, 4) is 5.75 Å². The first-order valence-corrected chi connectivity index (χ1v) is 11.7. The number of rotatable bonds is 5. The van der Waals surface area contributed by atoms with Crippen LogP contribution in [0.15, 0.2) is 30.3 Å². The van der Waals surface area contributed by atoms with Crippen molar-refractivity contribution in [1.29, 1.82) is 0 Å². The van der Waals surface area contributed by atoms with E-state index in [1.54, 1.807) is 12.1 Å². The van der Waals surface area contributed by atoms with E-state index in [9.17, 15) is 36.2 Å². The van der Waals surface area contributed by atoms with Gasteiger partial charge in [0.25, 0.3) is 0 Å². The number of hydrogen-bond acceptors (Lipinski definition) is 3. The summed E-state index contributed by atoms with van der Waals surface area (Å²) < 4.78 is 86.5. The maximum atomic E-state index is 14.1. The van der Waals surface area contributed by atoms with E-state index in [2.05, 4.69) is 0 Å². The number of likely N-dealkylation sites (tertiary alicyclic amines) is 1. The second-order valence-corrected chi connectivity index (χ2v) is 9.54. The molecule has 0 aromatic heterocycles. The Morgan fingerprint density at radius 2 is 1.71 bits per heavy atom. The van der Waals surface area contributed by atoms with Crippen molar-refractivity contribution in [1.82, 2.24) is 4.90 Å². The molecule has 1 unspecified atom stereocenters. The molecule has 0 spiro atoms. The number of carbonyl (C=O) groups is 1. The highest BCUT2D eigenvalue weighted by Crippen LogP contribution is 2.44. The van der Waals surface area contributed by atoms with Gasteiger partial charge in [-0.1, -0.05) is 18.2 Å². The molecule has 10 heteroatoms. The van der Waals surface area contributed by atoms with Crippen molar-refractivity contribution in [2.75, 3.05) is 13.1 Å². The average molecular weight is 503 g/mol. The molecule has 2 aromatic rings. The first-order chi connectivity index (χ1) is 16.4. The summed E-state index contributed by atoms with van der Waals surface area (Å²) in [5.74, 6) is -3.10. The SMILES string of the molecule is O=C(O)C1CCCN(Cc2ccc3c(C(F)(F)F)c(OC4CCC(C(F)(F)F)CC4)ccc3c2)C1. The zero-order chi connectivity index (χ0) is 25.4. The summed E-state index contributed by atoms with van der Waals surface area (Å²) in [6, 6.07) is 7.42. The van der Waals surface area contributed by atoms with Gasteiger partial charge in [-0.2, -0.15) is 26.3 Å². The Kier molecular flexibility index (Phi) is 7.22. The average Bonchev–Trinajstić information content (AvgIpc) is 2.78. The highest BCUT2D eigenvalue weighted by Gasteiger charge is 2.42. The molecule has 1 aliphatic heterocycles. The molecule has 0 amide bonds. The lowest BCUT2D eigenvalue weighted by Crippen LogP contribution is -2.38. The summed E-state index contributed by atoms with van der Waals surface area (Å²) in [4.78, 5) is 13.3. The fourth-order valence-electron chi connectivity index (χ4n) is 5.19. The van der Waals surface area contributed by atoms with Gasteiger partial charge in [0.1, 0.15) is 11.3 Å². The van der Waals surface area contributed by atoms with Gasteiger partial charge in [-0.05, 0) is 73.5 Å². The maximum Gasteiger partial charge on any atom is 0.420 e. The van der Waals surface area contributed by atoms with Crippen LogP contribution < -0.4 is 4.74 Å². The van der Waals surface area contributed by atoms with E-state index in [0.29, 0.717) is 24.9 Å². The third-order valence-corrected chi connectivity index (χ3v) is 7.02. The van der Waals surface area contributed by atoms with E-state index in [1.807, 2.05) is 4.90 Å². The summed E-state index contributed by atoms with van der Waals surface area (Å²) in [7, 11) is 0. The summed E-state index contributed by atoms with van der Waals surface area (Å²) >= 11 is 0. The smallest absolute Gasteiger partial charge is 0.420 e. The minimum absolute atomic E-state index is 0.0372. The van der Waals surface area contributed by atoms with Gasteiger partial charge in [0.05, 0.1) is 17.9 Å². The quantitative estimate of drug-likeness (QED) is 0.464. The predicted molar refractivity (Wildman–Crippen MR) is 117 cm³/mol. The van der Waals surface area contributed by atoms with Crippen molar-refractivity contribution in [2.45, 2.75) is 63.5 Å². The summed E-state index contributed by atoms with van der Waals surface area (Å²) in [5.41, 5.74) is -0.154. The molecule has 35 heavy (non-hydrogen) atoms. The van der Waals surface area contributed by atoms with E-state index in [4.69, 9.17) is 4.74 Å². The molecule has 192 valence electrons. The van der Waals surface area contributed by atoms with Gasteiger partial charge in [-0.15, -0.1) is 0 Å². The number of nitrogens with zero attached hydrogens (tertiary/aromatic N) is 1. The van der Waals surface area contributed by atoms with Crippen LogP contribution >= 0.6 is 0 Å². The molecule has 2 fully saturated rings. The number of carboxylic acid groups (broad SMARTS) is 1. The van der Waals surface area contributed by atoms with Crippen LogP contribution in [0.3, 0.4) is 0 Å². The largest absolute Gasteiger partial charge is 0.490 e. The molecule has 4 rings (SSSR count). The molecule has 1 N–H and O–H groups in total. The van der Waals surface area contributed by atoms with E-state index < -0.39 is 41.8 Å². The van der Waals surface area contributed by atoms with Crippen molar-refractivity contribution in [3.63, 3.8) is 0 Å². The normalized spacial score (nSPS) is 24.5. The Labute approximate surface area is 198 Å². The summed E-state index contributed by atoms with van der Waals surface area (Å²) in [6.45, 7) is 1.55. The van der Waals surface area contributed by atoms with Crippen LogP contribution in [0.1, 0.15) is 49.7 Å². The zero-order valence-corrected chi connectivity index (χ0v) is 19.0. The first kappa shape index (κ1) is 25.6. The van der Waals surface area contributed by atoms with Gasteiger partial charge in [0.15, 0.2) is 0 Å². The Hall–Kier alpha value is -2.49. The number of piperidine rings is 1. The van der Waals surface area contributed by atoms with Crippen LogP contribution in [-0.2, 0) is 17.5 Å². The van der Waals surface area contributed by atoms with Gasteiger partial charge >= 0.3 is 18.3 Å². The van der Waals surface area contributed by atoms with E-state index in [-0.39, 0.29) is 36.8 Å². The molecule has 1 heterocycles. The van der Waals surface area contributed by atoms with Gasteiger partial charge in [0, 0.05) is 13.1 Å². The Morgan fingerprint density at radius 3 is 2.34 bits per heavy atom. The molecule has 4 nitrogen and oxygen atoms in total. The fourth-order valence-corrected chi connectivity index (χ4v) is 5.19. The third-order valence-electron chi connectivity index (χ3n) is 7.02. The molecule has 1 atom stereocenters. The van der Waals surface area contributed by atoms with Gasteiger partial charge in [-0.3, -0.25) is 9.69 Å². The number of hydrogen-bond donors (Lipinski definition) is 1. The van der Waals surface area contributed by atoms with E-state index in [0.717, 1.165) is 18.5 Å². The number of carboxylic acids is 1. The number of aliphatic carboxylic acids is 1. The predicted octanol–water partition coefficient (Wildman–Crippen LogP) is 6.66. The molecule has 1 saturated heterocycles. The number of halogens is 6. The van der Waals surface area contributed by atoms with Crippen molar-refractivity contribution in [2.24, 2.45) is 11.8 Å². The molecule has 2 aliphatic rings. The van der Waals surface area contributed by atoms with Crippen LogP contribution in [0.4, 0.5) is 26.3 Å². The van der Waals surface area contributed by atoms with E-state index >= 15 is 0 Å². The molecule has 2 aromatic carbocycles. The Bertz CT molecular complexity index is 1060. The molecule has 0 bridgehead atoms. The van der Waals surface area contributed by atoms with Crippen molar-refractivity contribution >= 4 is 16.7 Å². The fraction of sp³-hybridized carbons (Fsp3) is 0.560.